The van der Waals surface area contributed by atoms with Crippen molar-refractivity contribution >= 4 is 47.9 Å². The van der Waals surface area contributed by atoms with E-state index in [1.165, 1.54) is 0 Å². The molecule has 0 spiro atoms. The Morgan fingerprint density at radius 2 is 0.604 bits per heavy atom. The van der Waals surface area contributed by atoms with Gasteiger partial charge in [0.1, 0.15) is 14.3 Å². The minimum absolute atomic E-state index is 0.435. The molecule has 5 rings (SSSR count). The van der Waals surface area contributed by atoms with Gasteiger partial charge in [0.15, 0.2) is 7.14 Å². The van der Waals surface area contributed by atoms with E-state index in [0.29, 0.717) is 24.6 Å². The van der Waals surface area contributed by atoms with Crippen LogP contribution in [-0.2, 0) is 13.7 Å². The van der Waals surface area contributed by atoms with Crippen LogP contribution >= 0.6 is 21.4 Å². The molecule has 5 aromatic rings. The van der Waals surface area contributed by atoms with Gasteiger partial charge in [-0.15, -0.1) is 26.3 Å². The monoisotopic (exact) mass is 686 g/mol. The number of benzene rings is 5. The van der Waals surface area contributed by atoms with Crippen LogP contribution in [0.5, 0.6) is 0 Å². The second-order valence-corrected chi connectivity index (χ2v) is 20.6. The zero-order valence-corrected chi connectivity index (χ0v) is 29.8. The van der Waals surface area contributed by atoms with E-state index in [1.807, 2.05) is 127 Å². The topological polar surface area (TPSA) is 51.2 Å². The van der Waals surface area contributed by atoms with Crippen molar-refractivity contribution in [2.24, 2.45) is 0 Å². The summed E-state index contributed by atoms with van der Waals surface area (Å²) in [5.74, 6) is 0. The van der Waals surface area contributed by atoms with Crippen LogP contribution in [0, 0.1) is 0 Å². The van der Waals surface area contributed by atoms with Crippen LogP contribution in [0.25, 0.3) is 22.3 Å². The predicted octanol–water partition coefficient (Wildman–Crippen LogP) is 9.38. The Bertz CT molecular complexity index is 1890. The lowest BCUT2D eigenvalue weighted by Gasteiger charge is -2.21. The molecule has 242 valence electrons. The highest BCUT2D eigenvalue weighted by atomic mass is 31.2. The Balaban J connectivity index is 1.46. The molecule has 0 saturated carbocycles. The Morgan fingerprint density at radius 3 is 0.875 bits per heavy atom. The lowest BCUT2D eigenvalue weighted by Crippen LogP contribution is -2.25. The molecule has 0 fully saturated rings. The lowest BCUT2D eigenvalue weighted by atomic mass is 10.1. The molecule has 0 saturated heterocycles. The second-order valence-electron chi connectivity index (χ2n) is 11.8. The molecule has 0 aliphatic rings. The van der Waals surface area contributed by atoms with Crippen molar-refractivity contribution in [2.75, 3.05) is 24.6 Å². The lowest BCUT2D eigenvalue weighted by molar-refractivity contribution is 0.584. The molecule has 6 heteroatoms. The van der Waals surface area contributed by atoms with E-state index in [0.717, 1.165) is 48.8 Å². The van der Waals surface area contributed by atoms with Crippen molar-refractivity contribution in [3.8, 4) is 22.3 Å². The van der Waals surface area contributed by atoms with E-state index < -0.39 is 21.4 Å². The Morgan fingerprint density at radius 1 is 0.354 bits per heavy atom. The van der Waals surface area contributed by atoms with Crippen molar-refractivity contribution in [2.45, 2.75) is 0 Å². The molecule has 0 heterocycles. The number of hydrogen-bond acceptors (Lipinski definition) is 3. The van der Waals surface area contributed by atoms with Gasteiger partial charge >= 0.3 is 0 Å². The summed E-state index contributed by atoms with van der Waals surface area (Å²) in [5, 5.41) is 3.88. The standard InChI is InChI=1S/C42H41O3P3/c1-5-30-46(43,31-6-2)38-22-14-34(15-23-38)36-18-26-41(27-19-36)48(45,40-12-10-9-11-13-40)42-28-20-37(21-29-42)35-16-24-39(25-17-35)47(44,32-7-3)33-8-4/h5-29H,1-4,30-33H2. The fourth-order valence-corrected chi connectivity index (χ4v) is 12.9. The molecule has 0 aliphatic heterocycles. The highest BCUT2D eigenvalue weighted by molar-refractivity contribution is 7.85. The van der Waals surface area contributed by atoms with Crippen LogP contribution in [0.3, 0.4) is 0 Å². The molecule has 0 amide bonds. The van der Waals surface area contributed by atoms with Crippen LogP contribution in [-0.4, -0.2) is 24.6 Å². The third-order valence-electron chi connectivity index (χ3n) is 8.62. The fraction of sp³-hybridized carbons (Fsp3) is 0.0952. The summed E-state index contributed by atoms with van der Waals surface area (Å²) in [4.78, 5) is 0. The zero-order chi connectivity index (χ0) is 34.2. The van der Waals surface area contributed by atoms with Crippen LogP contribution in [0.4, 0.5) is 0 Å². The molecule has 0 aromatic heterocycles. The fourth-order valence-electron chi connectivity index (χ4n) is 6.07. The van der Waals surface area contributed by atoms with Crippen molar-refractivity contribution in [1.29, 1.82) is 0 Å². The minimum atomic E-state index is -3.20. The average molecular weight is 687 g/mol. The number of rotatable bonds is 15. The van der Waals surface area contributed by atoms with Crippen LogP contribution < -0.4 is 26.5 Å². The van der Waals surface area contributed by atoms with Gasteiger partial charge in [0.2, 0.25) is 0 Å². The molecular formula is C42H41O3P3. The molecule has 0 bridgehead atoms. The maximum absolute atomic E-state index is 15.2. The summed E-state index contributed by atoms with van der Waals surface area (Å²) in [6.45, 7) is 15.1. The third kappa shape index (κ3) is 7.26. The van der Waals surface area contributed by atoms with Crippen molar-refractivity contribution in [3.05, 3.63) is 178 Å². The van der Waals surface area contributed by atoms with Gasteiger partial charge in [-0.1, -0.05) is 152 Å². The first-order chi connectivity index (χ1) is 23.2. The zero-order valence-electron chi connectivity index (χ0n) is 27.2. The first-order valence-corrected chi connectivity index (χ1v) is 21.8. The molecule has 48 heavy (non-hydrogen) atoms. The van der Waals surface area contributed by atoms with Crippen molar-refractivity contribution in [3.63, 3.8) is 0 Å². The molecule has 5 aromatic carbocycles. The largest absolute Gasteiger partial charge is 0.318 e. The molecule has 0 unspecified atom stereocenters. The van der Waals surface area contributed by atoms with Crippen LogP contribution in [0.2, 0.25) is 0 Å². The molecule has 0 N–H and O–H groups in total. The molecule has 0 atom stereocenters. The van der Waals surface area contributed by atoms with E-state index in [-0.39, 0.29) is 0 Å². The van der Waals surface area contributed by atoms with E-state index in [9.17, 15) is 9.13 Å². The summed E-state index contributed by atoms with van der Waals surface area (Å²) >= 11 is 0. The van der Waals surface area contributed by atoms with Gasteiger partial charge in [-0.25, -0.2) is 0 Å². The van der Waals surface area contributed by atoms with Crippen LogP contribution in [0.15, 0.2) is 178 Å². The van der Waals surface area contributed by atoms with E-state index in [1.54, 1.807) is 24.3 Å². The van der Waals surface area contributed by atoms with Crippen LogP contribution in [0.1, 0.15) is 0 Å². The molecular weight excluding hydrogens is 645 g/mol. The molecule has 0 radical (unpaired) electrons. The highest BCUT2D eigenvalue weighted by Gasteiger charge is 2.30. The first-order valence-electron chi connectivity index (χ1n) is 15.9. The second kappa shape index (κ2) is 15.3. The van der Waals surface area contributed by atoms with Gasteiger partial charge in [0, 0.05) is 51.2 Å². The third-order valence-corrected chi connectivity index (χ3v) is 17.6. The average Bonchev–Trinajstić information content (AvgIpc) is 3.12. The van der Waals surface area contributed by atoms with Gasteiger partial charge in [-0.2, -0.15) is 0 Å². The maximum Gasteiger partial charge on any atom is 0.171 e. The van der Waals surface area contributed by atoms with Crippen molar-refractivity contribution < 1.29 is 13.7 Å². The van der Waals surface area contributed by atoms with Gasteiger partial charge in [-0.05, 0) is 22.3 Å². The van der Waals surface area contributed by atoms with E-state index in [2.05, 4.69) is 26.3 Å². The van der Waals surface area contributed by atoms with E-state index in [4.69, 9.17) is 0 Å². The summed E-state index contributed by atoms with van der Waals surface area (Å²) < 4.78 is 42.2. The number of allylic oxidation sites excluding steroid dienone is 4. The molecule has 0 aliphatic carbocycles. The SMILES string of the molecule is C=CCP(=O)(CC=C)c1ccc(-c2ccc(P(=O)(c3ccccc3)c3ccc(-c4ccc(P(=O)(CC=C)CC=C)cc4)cc3)cc2)cc1. The highest BCUT2D eigenvalue weighted by Crippen LogP contribution is 2.46. The predicted molar refractivity (Wildman–Crippen MR) is 211 cm³/mol. The number of hydrogen-bond donors (Lipinski definition) is 0. The Labute approximate surface area is 285 Å². The summed E-state index contributed by atoms with van der Waals surface area (Å²) in [7, 11) is -8.42. The minimum Gasteiger partial charge on any atom is -0.318 e. The quantitative estimate of drug-likeness (QED) is 0.0815. The summed E-state index contributed by atoms with van der Waals surface area (Å²) in [5.41, 5.74) is 3.95. The smallest absolute Gasteiger partial charge is 0.171 e. The normalized spacial score (nSPS) is 11.8. The Hall–Kier alpha value is -4.25. The molecule has 3 nitrogen and oxygen atoms in total. The summed E-state index contributed by atoms with van der Waals surface area (Å²) in [6, 6.07) is 41.1. The van der Waals surface area contributed by atoms with Gasteiger partial charge in [0.25, 0.3) is 0 Å². The van der Waals surface area contributed by atoms with Crippen molar-refractivity contribution in [1.82, 2.24) is 0 Å². The van der Waals surface area contributed by atoms with Gasteiger partial charge < -0.3 is 13.7 Å². The Kier molecular flexibility index (Phi) is 11.2. The van der Waals surface area contributed by atoms with Gasteiger partial charge in [-0.3, -0.25) is 0 Å². The summed E-state index contributed by atoms with van der Waals surface area (Å²) in [6.07, 6.45) is 8.58. The maximum atomic E-state index is 15.2. The van der Waals surface area contributed by atoms with Gasteiger partial charge in [0.05, 0.1) is 0 Å². The van der Waals surface area contributed by atoms with E-state index >= 15 is 4.57 Å². The first kappa shape index (κ1) is 35.1.